The van der Waals surface area contributed by atoms with Crippen molar-refractivity contribution in [3.63, 3.8) is 0 Å². The van der Waals surface area contributed by atoms with Gasteiger partial charge in [0.1, 0.15) is 11.6 Å². The van der Waals surface area contributed by atoms with E-state index in [1.54, 1.807) is 13.3 Å². The molecule has 1 aliphatic carbocycles. The lowest BCUT2D eigenvalue weighted by molar-refractivity contribution is 0.282. The van der Waals surface area contributed by atoms with Crippen LogP contribution in [0.2, 0.25) is 0 Å². The highest BCUT2D eigenvalue weighted by Gasteiger charge is 2.25. The summed E-state index contributed by atoms with van der Waals surface area (Å²) in [6.45, 7) is 1.11. The number of hydrogen-bond donors (Lipinski definition) is 1. The smallest absolute Gasteiger partial charge is 0.137 e. The van der Waals surface area contributed by atoms with Crippen LogP contribution in [0.25, 0.3) is 0 Å². The predicted octanol–water partition coefficient (Wildman–Crippen LogP) is 1.83. The van der Waals surface area contributed by atoms with Crippen molar-refractivity contribution in [1.82, 2.24) is 4.98 Å². The monoisotopic (exact) mass is 236 g/mol. The molecule has 0 bridgehead atoms. The van der Waals surface area contributed by atoms with E-state index in [0.29, 0.717) is 6.04 Å². The zero-order chi connectivity index (χ0) is 12.1. The van der Waals surface area contributed by atoms with Crippen molar-refractivity contribution >= 4 is 5.82 Å². The summed E-state index contributed by atoms with van der Waals surface area (Å²) in [5.74, 6) is 1.77. The molecule has 0 radical (unpaired) electrons. The highest BCUT2D eigenvalue weighted by atomic mass is 16.5. The fourth-order valence-corrected chi connectivity index (χ4v) is 2.09. The lowest BCUT2D eigenvalue weighted by Crippen LogP contribution is -2.41. The first-order chi connectivity index (χ1) is 8.35. The van der Waals surface area contributed by atoms with Crippen molar-refractivity contribution in [3.05, 3.63) is 18.3 Å². The Morgan fingerprint density at radius 1 is 1.47 bits per heavy atom. The topological polar surface area (TPSA) is 45.6 Å². The SMILES string of the molecule is COc1ccc(N(CCCO)C2CCC2)nc1. The van der Waals surface area contributed by atoms with Gasteiger partial charge in [0.2, 0.25) is 0 Å². The van der Waals surface area contributed by atoms with Gasteiger partial charge in [0, 0.05) is 19.2 Å². The average molecular weight is 236 g/mol. The zero-order valence-corrected chi connectivity index (χ0v) is 10.3. The Kier molecular flexibility index (Phi) is 4.20. The van der Waals surface area contributed by atoms with E-state index < -0.39 is 0 Å². The van der Waals surface area contributed by atoms with Crippen molar-refractivity contribution in [1.29, 1.82) is 0 Å². The molecular formula is C13H20N2O2. The van der Waals surface area contributed by atoms with E-state index in [-0.39, 0.29) is 6.61 Å². The molecule has 0 saturated heterocycles. The summed E-state index contributed by atoms with van der Waals surface area (Å²) >= 11 is 0. The van der Waals surface area contributed by atoms with E-state index in [1.165, 1.54) is 19.3 Å². The van der Waals surface area contributed by atoms with E-state index in [2.05, 4.69) is 9.88 Å². The van der Waals surface area contributed by atoms with Crippen molar-refractivity contribution in [2.24, 2.45) is 0 Å². The van der Waals surface area contributed by atoms with E-state index in [4.69, 9.17) is 9.84 Å². The number of hydrogen-bond acceptors (Lipinski definition) is 4. The first-order valence-electron chi connectivity index (χ1n) is 6.22. The van der Waals surface area contributed by atoms with Crippen molar-refractivity contribution in [2.75, 3.05) is 25.2 Å². The molecule has 2 rings (SSSR count). The lowest BCUT2D eigenvalue weighted by atomic mass is 9.91. The maximum Gasteiger partial charge on any atom is 0.137 e. The molecule has 1 aromatic rings. The third kappa shape index (κ3) is 2.88. The van der Waals surface area contributed by atoms with Crippen LogP contribution in [0, 0.1) is 0 Å². The fraction of sp³-hybridized carbons (Fsp3) is 0.615. The number of ether oxygens (including phenoxy) is 1. The summed E-state index contributed by atoms with van der Waals surface area (Å²) < 4.78 is 5.11. The molecule has 0 atom stereocenters. The normalized spacial score (nSPS) is 15.4. The van der Waals surface area contributed by atoms with Crippen LogP contribution in [0.15, 0.2) is 18.3 Å². The summed E-state index contributed by atoms with van der Waals surface area (Å²) in [5.41, 5.74) is 0. The van der Waals surface area contributed by atoms with Crippen molar-refractivity contribution in [2.45, 2.75) is 31.7 Å². The number of aliphatic hydroxyl groups excluding tert-OH is 1. The first kappa shape index (κ1) is 12.2. The number of rotatable bonds is 6. The number of aromatic nitrogens is 1. The fourth-order valence-electron chi connectivity index (χ4n) is 2.09. The summed E-state index contributed by atoms with van der Waals surface area (Å²) in [4.78, 5) is 6.73. The summed E-state index contributed by atoms with van der Waals surface area (Å²) in [5, 5.41) is 8.95. The van der Waals surface area contributed by atoms with Gasteiger partial charge in [-0.2, -0.15) is 0 Å². The molecule has 94 valence electrons. The molecule has 1 aromatic heterocycles. The molecule has 4 heteroatoms. The average Bonchev–Trinajstić information content (AvgIpc) is 2.32. The Balaban J connectivity index is 2.06. The Labute approximate surface area is 102 Å². The maximum absolute atomic E-state index is 8.95. The molecule has 1 heterocycles. The van der Waals surface area contributed by atoms with E-state index in [9.17, 15) is 0 Å². The van der Waals surface area contributed by atoms with Gasteiger partial charge in [0.15, 0.2) is 0 Å². The number of methoxy groups -OCH3 is 1. The molecule has 0 amide bonds. The Bertz CT molecular complexity index is 336. The van der Waals surface area contributed by atoms with E-state index in [1.807, 2.05) is 12.1 Å². The minimum absolute atomic E-state index is 0.235. The molecule has 4 nitrogen and oxygen atoms in total. The van der Waals surface area contributed by atoms with Gasteiger partial charge in [-0.25, -0.2) is 4.98 Å². The molecule has 1 N–H and O–H groups in total. The third-order valence-corrected chi connectivity index (χ3v) is 3.32. The number of pyridine rings is 1. The minimum Gasteiger partial charge on any atom is -0.495 e. The molecule has 0 aliphatic heterocycles. The van der Waals surface area contributed by atoms with Gasteiger partial charge >= 0.3 is 0 Å². The van der Waals surface area contributed by atoms with Crippen LogP contribution >= 0.6 is 0 Å². The summed E-state index contributed by atoms with van der Waals surface area (Å²) in [6, 6.07) is 4.53. The standard InChI is InChI=1S/C13H20N2O2/c1-17-12-6-7-13(14-10-12)15(8-3-9-16)11-4-2-5-11/h6-7,10-11,16H,2-5,8-9H2,1H3. The highest BCUT2D eigenvalue weighted by Crippen LogP contribution is 2.29. The molecule has 0 unspecified atom stereocenters. The van der Waals surface area contributed by atoms with Crippen LogP contribution in [0.1, 0.15) is 25.7 Å². The van der Waals surface area contributed by atoms with Crippen LogP contribution in [0.3, 0.4) is 0 Å². The van der Waals surface area contributed by atoms with Gasteiger partial charge in [-0.3, -0.25) is 0 Å². The van der Waals surface area contributed by atoms with Gasteiger partial charge in [0.05, 0.1) is 13.3 Å². The highest BCUT2D eigenvalue weighted by molar-refractivity contribution is 5.42. The van der Waals surface area contributed by atoms with E-state index >= 15 is 0 Å². The second kappa shape index (κ2) is 5.87. The number of aliphatic hydroxyl groups is 1. The van der Waals surface area contributed by atoms with Gasteiger partial charge < -0.3 is 14.7 Å². The van der Waals surface area contributed by atoms with Gasteiger partial charge in [-0.1, -0.05) is 0 Å². The van der Waals surface area contributed by atoms with Crippen LogP contribution in [-0.4, -0.2) is 36.4 Å². The molecular weight excluding hydrogens is 216 g/mol. The summed E-state index contributed by atoms with van der Waals surface area (Å²) in [7, 11) is 1.64. The van der Waals surface area contributed by atoms with Crippen LogP contribution in [0.5, 0.6) is 5.75 Å². The van der Waals surface area contributed by atoms with Gasteiger partial charge in [-0.05, 0) is 37.8 Å². The Morgan fingerprint density at radius 3 is 2.76 bits per heavy atom. The zero-order valence-electron chi connectivity index (χ0n) is 10.3. The maximum atomic E-state index is 8.95. The lowest BCUT2D eigenvalue weighted by Gasteiger charge is -2.38. The Hall–Kier alpha value is -1.29. The minimum atomic E-state index is 0.235. The van der Waals surface area contributed by atoms with Crippen molar-refractivity contribution < 1.29 is 9.84 Å². The van der Waals surface area contributed by atoms with E-state index in [0.717, 1.165) is 24.5 Å². The predicted molar refractivity (Wildman–Crippen MR) is 67.5 cm³/mol. The second-order valence-electron chi connectivity index (χ2n) is 4.41. The van der Waals surface area contributed by atoms with Gasteiger partial charge in [-0.15, -0.1) is 0 Å². The van der Waals surface area contributed by atoms with Crippen molar-refractivity contribution in [3.8, 4) is 5.75 Å². The number of anilines is 1. The molecule has 1 saturated carbocycles. The molecule has 0 aromatic carbocycles. The van der Waals surface area contributed by atoms with Crippen LogP contribution in [-0.2, 0) is 0 Å². The number of nitrogens with zero attached hydrogens (tertiary/aromatic N) is 2. The molecule has 0 spiro atoms. The van der Waals surface area contributed by atoms with Gasteiger partial charge in [0.25, 0.3) is 0 Å². The Morgan fingerprint density at radius 2 is 2.29 bits per heavy atom. The second-order valence-corrected chi connectivity index (χ2v) is 4.41. The van der Waals surface area contributed by atoms with Crippen LogP contribution in [0.4, 0.5) is 5.82 Å². The first-order valence-corrected chi connectivity index (χ1v) is 6.22. The largest absolute Gasteiger partial charge is 0.495 e. The molecule has 1 fully saturated rings. The third-order valence-electron chi connectivity index (χ3n) is 3.32. The molecule has 17 heavy (non-hydrogen) atoms. The summed E-state index contributed by atoms with van der Waals surface area (Å²) in [6.07, 6.45) is 6.32. The quantitative estimate of drug-likeness (QED) is 0.818. The molecule has 1 aliphatic rings. The van der Waals surface area contributed by atoms with Crippen LogP contribution < -0.4 is 9.64 Å².